The first-order valence-electron chi connectivity index (χ1n) is 9.53. The molecule has 0 fully saturated rings. The van der Waals surface area contributed by atoms with E-state index in [9.17, 15) is 9.59 Å². The van der Waals surface area contributed by atoms with Crippen LogP contribution in [0.1, 0.15) is 16.7 Å². The van der Waals surface area contributed by atoms with Gasteiger partial charge < -0.3 is 5.32 Å². The van der Waals surface area contributed by atoms with Crippen molar-refractivity contribution in [3.63, 3.8) is 0 Å². The second kappa shape index (κ2) is 8.85. The van der Waals surface area contributed by atoms with Gasteiger partial charge in [0.05, 0.1) is 17.8 Å². The van der Waals surface area contributed by atoms with Gasteiger partial charge in [0, 0.05) is 5.69 Å². The summed E-state index contributed by atoms with van der Waals surface area (Å²) >= 11 is 2.67. The van der Waals surface area contributed by atoms with Gasteiger partial charge in [-0.15, -0.1) is 11.3 Å². The lowest BCUT2D eigenvalue weighted by Crippen LogP contribution is -2.24. The standard InChI is InChI=1S/C23H21N3O2S2/c1-15-8-9-16(2)19(12-15)24-20(27)14-30-23-25-18-10-11-29-21(18)22(28)26(23)13-17-6-4-3-5-7-17/h3-12H,13-14H2,1-2H3,(H,24,27). The predicted octanol–water partition coefficient (Wildman–Crippen LogP) is 4.85. The Kier molecular flexibility index (Phi) is 6.01. The van der Waals surface area contributed by atoms with Crippen LogP contribution in [0.15, 0.2) is 69.9 Å². The first-order valence-corrected chi connectivity index (χ1v) is 11.4. The van der Waals surface area contributed by atoms with Crippen molar-refractivity contribution in [1.29, 1.82) is 0 Å². The molecular weight excluding hydrogens is 414 g/mol. The summed E-state index contributed by atoms with van der Waals surface area (Å²) in [5, 5.41) is 5.38. The molecule has 152 valence electrons. The number of thiophene rings is 1. The van der Waals surface area contributed by atoms with Crippen molar-refractivity contribution in [2.45, 2.75) is 25.5 Å². The molecule has 4 aromatic rings. The zero-order valence-electron chi connectivity index (χ0n) is 16.7. The minimum atomic E-state index is -0.125. The minimum absolute atomic E-state index is 0.0729. The van der Waals surface area contributed by atoms with Gasteiger partial charge in [-0.2, -0.15) is 0 Å². The molecule has 0 aliphatic heterocycles. The third-order valence-electron chi connectivity index (χ3n) is 4.71. The van der Waals surface area contributed by atoms with Gasteiger partial charge in [-0.1, -0.05) is 54.2 Å². The number of amides is 1. The van der Waals surface area contributed by atoms with E-state index >= 15 is 0 Å². The van der Waals surface area contributed by atoms with E-state index in [1.807, 2.05) is 73.8 Å². The highest BCUT2D eigenvalue weighted by Crippen LogP contribution is 2.23. The van der Waals surface area contributed by atoms with E-state index in [4.69, 9.17) is 0 Å². The fraction of sp³-hybridized carbons (Fsp3) is 0.174. The number of carbonyl (C=O) groups is 1. The van der Waals surface area contributed by atoms with Crippen molar-refractivity contribution in [2.24, 2.45) is 0 Å². The molecule has 2 aromatic heterocycles. The highest BCUT2D eigenvalue weighted by atomic mass is 32.2. The summed E-state index contributed by atoms with van der Waals surface area (Å²) in [6.07, 6.45) is 0. The van der Waals surface area contributed by atoms with Crippen molar-refractivity contribution in [3.8, 4) is 0 Å². The summed E-state index contributed by atoms with van der Waals surface area (Å²) in [5.74, 6) is 0.0455. The summed E-state index contributed by atoms with van der Waals surface area (Å²) in [5.41, 5.74) is 4.52. The van der Waals surface area contributed by atoms with Crippen molar-refractivity contribution >= 4 is 44.9 Å². The van der Waals surface area contributed by atoms with E-state index in [-0.39, 0.29) is 17.2 Å². The number of hydrogen-bond donors (Lipinski definition) is 1. The first kappa shape index (κ1) is 20.4. The Labute approximate surface area is 182 Å². The summed E-state index contributed by atoms with van der Waals surface area (Å²) in [4.78, 5) is 30.3. The quantitative estimate of drug-likeness (QED) is 0.347. The van der Waals surface area contributed by atoms with Gasteiger partial charge >= 0.3 is 0 Å². The monoisotopic (exact) mass is 435 g/mol. The predicted molar refractivity (Wildman–Crippen MR) is 125 cm³/mol. The number of thioether (sulfide) groups is 1. The van der Waals surface area contributed by atoms with Crippen LogP contribution in [0.5, 0.6) is 0 Å². The van der Waals surface area contributed by atoms with Gasteiger partial charge in [0.1, 0.15) is 4.70 Å². The molecule has 0 saturated heterocycles. The Morgan fingerprint density at radius 2 is 1.93 bits per heavy atom. The maximum atomic E-state index is 13.1. The lowest BCUT2D eigenvalue weighted by atomic mass is 10.1. The number of benzene rings is 2. The van der Waals surface area contributed by atoms with E-state index in [0.29, 0.717) is 21.9 Å². The number of aryl methyl sites for hydroxylation is 2. The van der Waals surface area contributed by atoms with Gasteiger partial charge in [-0.3, -0.25) is 14.2 Å². The molecule has 0 unspecified atom stereocenters. The Morgan fingerprint density at radius 1 is 1.13 bits per heavy atom. The average molecular weight is 436 g/mol. The van der Waals surface area contributed by atoms with Crippen LogP contribution in [0.4, 0.5) is 5.69 Å². The van der Waals surface area contributed by atoms with Gasteiger partial charge in [0.25, 0.3) is 5.56 Å². The Balaban J connectivity index is 1.58. The van der Waals surface area contributed by atoms with Crippen LogP contribution >= 0.6 is 23.1 Å². The molecule has 1 amide bonds. The van der Waals surface area contributed by atoms with Gasteiger partial charge in [0.15, 0.2) is 5.16 Å². The van der Waals surface area contributed by atoms with Crippen LogP contribution in [0.2, 0.25) is 0 Å². The van der Waals surface area contributed by atoms with E-state index in [2.05, 4.69) is 10.3 Å². The van der Waals surface area contributed by atoms with Crippen molar-refractivity contribution < 1.29 is 4.79 Å². The van der Waals surface area contributed by atoms with Crippen LogP contribution in [0, 0.1) is 13.8 Å². The number of rotatable bonds is 6. The minimum Gasteiger partial charge on any atom is -0.325 e. The maximum Gasteiger partial charge on any atom is 0.272 e. The van der Waals surface area contributed by atoms with Crippen LogP contribution in [0.3, 0.4) is 0 Å². The van der Waals surface area contributed by atoms with Crippen molar-refractivity contribution in [2.75, 3.05) is 11.1 Å². The SMILES string of the molecule is Cc1ccc(C)c(NC(=O)CSc2nc3ccsc3c(=O)n2Cc2ccccc2)c1. The molecule has 0 spiro atoms. The number of nitrogens with one attached hydrogen (secondary N) is 1. The molecule has 0 aliphatic rings. The lowest BCUT2D eigenvalue weighted by Gasteiger charge is -2.13. The third-order valence-corrected chi connectivity index (χ3v) is 6.58. The molecule has 4 rings (SSSR count). The normalized spacial score (nSPS) is 11.0. The number of carbonyl (C=O) groups excluding carboxylic acids is 1. The second-order valence-electron chi connectivity index (χ2n) is 7.06. The molecule has 2 aromatic carbocycles. The van der Waals surface area contributed by atoms with Crippen LogP contribution in [-0.2, 0) is 11.3 Å². The van der Waals surface area contributed by atoms with Crippen molar-refractivity contribution in [1.82, 2.24) is 9.55 Å². The van der Waals surface area contributed by atoms with E-state index in [1.54, 1.807) is 4.57 Å². The lowest BCUT2D eigenvalue weighted by molar-refractivity contribution is -0.113. The molecular formula is C23H21N3O2S2. The number of nitrogens with zero attached hydrogens (tertiary/aromatic N) is 2. The molecule has 30 heavy (non-hydrogen) atoms. The Hall–Kier alpha value is -2.90. The zero-order chi connectivity index (χ0) is 21.1. The summed E-state index contributed by atoms with van der Waals surface area (Å²) in [7, 11) is 0. The third kappa shape index (κ3) is 4.47. The molecule has 7 heteroatoms. The number of fused-ring (bicyclic) bond motifs is 1. The topological polar surface area (TPSA) is 64.0 Å². The Morgan fingerprint density at radius 3 is 2.73 bits per heavy atom. The molecule has 0 atom stereocenters. The maximum absolute atomic E-state index is 13.1. The molecule has 2 heterocycles. The van der Waals surface area contributed by atoms with Gasteiger partial charge in [-0.05, 0) is 48.1 Å². The zero-order valence-corrected chi connectivity index (χ0v) is 18.3. The first-order chi connectivity index (χ1) is 14.5. The smallest absolute Gasteiger partial charge is 0.272 e. The number of aromatic nitrogens is 2. The molecule has 5 nitrogen and oxygen atoms in total. The molecule has 1 N–H and O–H groups in total. The molecule has 0 saturated carbocycles. The summed E-state index contributed by atoms with van der Waals surface area (Å²) in [6, 6.07) is 17.6. The molecule has 0 aliphatic carbocycles. The van der Waals surface area contributed by atoms with Crippen LogP contribution in [-0.4, -0.2) is 21.2 Å². The van der Waals surface area contributed by atoms with Gasteiger partial charge in [0.2, 0.25) is 5.91 Å². The van der Waals surface area contributed by atoms with E-state index in [0.717, 1.165) is 22.4 Å². The van der Waals surface area contributed by atoms with E-state index in [1.165, 1.54) is 23.1 Å². The highest BCUT2D eigenvalue weighted by Gasteiger charge is 2.15. The number of hydrogen-bond acceptors (Lipinski definition) is 5. The fourth-order valence-electron chi connectivity index (χ4n) is 3.13. The van der Waals surface area contributed by atoms with Crippen LogP contribution in [0.25, 0.3) is 10.2 Å². The summed E-state index contributed by atoms with van der Waals surface area (Å²) < 4.78 is 2.29. The fourth-order valence-corrected chi connectivity index (χ4v) is 4.70. The average Bonchev–Trinajstić information content (AvgIpc) is 3.21. The molecule has 0 radical (unpaired) electrons. The van der Waals surface area contributed by atoms with Crippen molar-refractivity contribution in [3.05, 3.63) is 87.0 Å². The second-order valence-corrected chi connectivity index (χ2v) is 8.92. The number of anilines is 1. The Bertz CT molecular complexity index is 1260. The van der Waals surface area contributed by atoms with Crippen LogP contribution < -0.4 is 10.9 Å². The highest BCUT2D eigenvalue weighted by molar-refractivity contribution is 7.99. The largest absolute Gasteiger partial charge is 0.325 e. The van der Waals surface area contributed by atoms with Gasteiger partial charge in [-0.25, -0.2) is 4.98 Å². The van der Waals surface area contributed by atoms with E-state index < -0.39 is 0 Å². The summed E-state index contributed by atoms with van der Waals surface area (Å²) in [6.45, 7) is 4.37. The molecule has 0 bridgehead atoms.